The Balaban J connectivity index is 2.13. The van der Waals surface area contributed by atoms with Crippen molar-refractivity contribution in [3.63, 3.8) is 0 Å². The largest absolute Gasteiger partial charge is 0.497 e. The summed E-state index contributed by atoms with van der Waals surface area (Å²) in [5.41, 5.74) is 2.83. The summed E-state index contributed by atoms with van der Waals surface area (Å²) >= 11 is 0. The average molecular weight is 228 g/mol. The van der Waals surface area contributed by atoms with E-state index in [2.05, 4.69) is 9.97 Å². The van der Waals surface area contributed by atoms with Crippen LogP contribution in [0.5, 0.6) is 5.75 Å². The Labute approximate surface area is 98.2 Å². The number of H-pyrrole nitrogens is 1. The minimum atomic E-state index is 0.810. The summed E-state index contributed by atoms with van der Waals surface area (Å²) in [4.78, 5) is 7.75. The molecule has 3 aromatic rings. The number of ether oxygens (including phenoxy) is 1. The lowest BCUT2D eigenvalue weighted by Crippen LogP contribution is -1.81. The monoisotopic (exact) mass is 228 g/mol. The van der Waals surface area contributed by atoms with Gasteiger partial charge in [-0.25, -0.2) is 4.98 Å². The lowest BCUT2D eigenvalue weighted by Gasteiger charge is -1.96. The highest BCUT2D eigenvalue weighted by Crippen LogP contribution is 2.24. The van der Waals surface area contributed by atoms with Crippen molar-refractivity contribution in [2.24, 2.45) is 0 Å². The number of hydrogen-bond acceptors (Lipinski definition) is 3. The van der Waals surface area contributed by atoms with Crippen molar-refractivity contribution in [1.82, 2.24) is 9.97 Å². The van der Waals surface area contributed by atoms with Gasteiger partial charge in [-0.2, -0.15) is 0 Å². The van der Waals surface area contributed by atoms with E-state index in [-0.39, 0.29) is 0 Å². The van der Waals surface area contributed by atoms with Crippen molar-refractivity contribution in [1.29, 1.82) is 0 Å². The first-order valence-corrected chi connectivity index (χ1v) is 5.35. The van der Waals surface area contributed by atoms with E-state index in [4.69, 9.17) is 9.15 Å². The number of aromatic nitrogens is 2. The van der Waals surface area contributed by atoms with Gasteiger partial charge >= 0.3 is 0 Å². The second-order valence-corrected chi connectivity index (χ2v) is 3.91. The van der Waals surface area contributed by atoms with Crippen molar-refractivity contribution in [3.8, 4) is 17.1 Å². The predicted octanol–water partition coefficient (Wildman–Crippen LogP) is 3.14. The molecule has 3 rings (SSSR count). The predicted molar refractivity (Wildman–Crippen MR) is 65.1 cm³/mol. The Morgan fingerprint density at radius 3 is 2.88 bits per heavy atom. The number of hydrogen-bond donors (Lipinski definition) is 1. The Morgan fingerprint density at radius 1 is 1.29 bits per heavy atom. The molecule has 1 N–H and O–H groups in total. The zero-order chi connectivity index (χ0) is 11.8. The fourth-order valence-corrected chi connectivity index (χ4v) is 1.82. The van der Waals surface area contributed by atoms with E-state index in [1.165, 1.54) is 0 Å². The summed E-state index contributed by atoms with van der Waals surface area (Å²) in [6, 6.07) is 7.71. The summed E-state index contributed by atoms with van der Waals surface area (Å²) in [7, 11) is 1.65. The van der Waals surface area contributed by atoms with Crippen LogP contribution in [0.15, 0.2) is 34.9 Å². The highest BCUT2D eigenvalue weighted by atomic mass is 16.5. The summed E-state index contributed by atoms with van der Waals surface area (Å²) < 4.78 is 10.5. The normalized spacial score (nSPS) is 10.9. The molecule has 0 fully saturated rings. The molecule has 86 valence electrons. The molecule has 2 aromatic heterocycles. The average Bonchev–Trinajstić information content (AvgIpc) is 2.93. The zero-order valence-electron chi connectivity index (χ0n) is 9.65. The summed E-state index contributed by atoms with van der Waals surface area (Å²) in [5.74, 6) is 2.50. The molecule has 0 aliphatic heterocycles. The molecule has 0 saturated heterocycles. The number of nitrogens with zero attached hydrogens (tertiary/aromatic N) is 1. The van der Waals surface area contributed by atoms with E-state index in [0.29, 0.717) is 0 Å². The van der Waals surface area contributed by atoms with Crippen LogP contribution in [-0.4, -0.2) is 17.1 Å². The first-order valence-electron chi connectivity index (χ1n) is 5.35. The zero-order valence-corrected chi connectivity index (χ0v) is 9.65. The van der Waals surface area contributed by atoms with Crippen molar-refractivity contribution in [2.75, 3.05) is 7.11 Å². The molecule has 0 saturated carbocycles. The molecule has 0 spiro atoms. The molecule has 0 amide bonds. The van der Waals surface area contributed by atoms with E-state index < -0.39 is 0 Å². The van der Waals surface area contributed by atoms with Crippen LogP contribution in [0, 0.1) is 6.92 Å². The van der Waals surface area contributed by atoms with Gasteiger partial charge in [-0.05, 0) is 25.1 Å². The highest BCUT2D eigenvalue weighted by molar-refractivity contribution is 5.80. The van der Waals surface area contributed by atoms with Gasteiger partial charge in [0.1, 0.15) is 23.6 Å². The van der Waals surface area contributed by atoms with Gasteiger partial charge in [-0.15, -0.1) is 0 Å². The number of fused-ring (bicyclic) bond motifs is 1. The van der Waals surface area contributed by atoms with Crippen LogP contribution < -0.4 is 4.74 Å². The number of imidazole rings is 1. The lowest BCUT2D eigenvalue weighted by molar-refractivity contribution is 0.415. The standard InChI is InChI=1S/C13H12N2O2/c1-8-5-9(7-17-8)13-14-11-4-3-10(16-2)6-12(11)15-13/h3-7H,1-2H3,(H,14,15). The first-order chi connectivity index (χ1) is 8.26. The van der Waals surface area contributed by atoms with Crippen LogP contribution in [0.1, 0.15) is 5.76 Å². The lowest BCUT2D eigenvalue weighted by atomic mass is 10.3. The van der Waals surface area contributed by atoms with E-state index in [1.807, 2.05) is 31.2 Å². The first kappa shape index (κ1) is 9.96. The number of aromatic amines is 1. The molecular weight excluding hydrogens is 216 g/mol. The van der Waals surface area contributed by atoms with E-state index in [1.54, 1.807) is 13.4 Å². The number of aryl methyl sites for hydroxylation is 1. The van der Waals surface area contributed by atoms with E-state index in [9.17, 15) is 0 Å². The summed E-state index contributed by atoms with van der Waals surface area (Å²) in [6.07, 6.45) is 1.70. The van der Waals surface area contributed by atoms with Crippen LogP contribution in [0.4, 0.5) is 0 Å². The topological polar surface area (TPSA) is 51.1 Å². The van der Waals surface area contributed by atoms with Gasteiger partial charge in [-0.1, -0.05) is 0 Å². The molecule has 0 radical (unpaired) electrons. The SMILES string of the molecule is COc1ccc2nc(-c3coc(C)c3)[nH]c2c1. The molecule has 0 bridgehead atoms. The number of methoxy groups -OCH3 is 1. The molecule has 17 heavy (non-hydrogen) atoms. The number of nitrogens with one attached hydrogen (secondary N) is 1. The minimum Gasteiger partial charge on any atom is -0.497 e. The van der Waals surface area contributed by atoms with Crippen LogP contribution >= 0.6 is 0 Å². The summed E-state index contributed by atoms with van der Waals surface area (Å²) in [5, 5.41) is 0. The van der Waals surface area contributed by atoms with Gasteiger partial charge in [0.2, 0.25) is 0 Å². The van der Waals surface area contributed by atoms with Gasteiger partial charge in [0, 0.05) is 6.07 Å². The summed E-state index contributed by atoms with van der Waals surface area (Å²) in [6.45, 7) is 1.91. The molecule has 4 nitrogen and oxygen atoms in total. The third-order valence-corrected chi connectivity index (χ3v) is 2.69. The van der Waals surface area contributed by atoms with Crippen molar-refractivity contribution in [3.05, 3.63) is 36.3 Å². The maximum atomic E-state index is 5.28. The van der Waals surface area contributed by atoms with E-state index >= 15 is 0 Å². The highest BCUT2D eigenvalue weighted by Gasteiger charge is 2.08. The Bertz CT molecular complexity index is 667. The van der Waals surface area contributed by atoms with Crippen LogP contribution in [0.2, 0.25) is 0 Å². The third-order valence-electron chi connectivity index (χ3n) is 2.69. The quantitative estimate of drug-likeness (QED) is 0.733. The Kier molecular flexibility index (Phi) is 2.14. The van der Waals surface area contributed by atoms with Crippen molar-refractivity contribution >= 4 is 11.0 Å². The van der Waals surface area contributed by atoms with Crippen LogP contribution in [0.25, 0.3) is 22.4 Å². The molecule has 0 atom stereocenters. The van der Waals surface area contributed by atoms with Crippen molar-refractivity contribution < 1.29 is 9.15 Å². The maximum absolute atomic E-state index is 5.28. The van der Waals surface area contributed by atoms with Crippen molar-refractivity contribution in [2.45, 2.75) is 6.92 Å². The molecule has 0 unspecified atom stereocenters. The van der Waals surface area contributed by atoms with Gasteiger partial charge < -0.3 is 14.1 Å². The van der Waals surface area contributed by atoms with Gasteiger partial charge in [0.15, 0.2) is 0 Å². The molecular formula is C13H12N2O2. The maximum Gasteiger partial charge on any atom is 0.141 e. The minimum absolute atomic E-state index is 0.810. The molecule has 0 aliphatic carbocycles. The molecule has 0 aliphatic rings. The molecule has 4 heteroatoms. The van der Waals surface area contributed by atoms with Gasteiger partial charge in [-0.3, -0.25) is 0 Å². The number of furan rings is 1. The van der Waals surface area contributed by atoms with Crippen LogP contribution in [0.3, 0.4) is 0 Å². The fourth-order valence-electron chi connectivity index (χ4n) is 1.82. The second-order valence-electron chi connectivity index (χ2n) is 3.91. The molecule has 1 aromatic carbocycles. The van der Waals surface area contributed by atoms with E-state index in [0.717, 1.165) is 33.9 Å². The molecule has 2 heterocycles. The second kappa shape index (κ2) is 3.66. The van der Waals surface area contributed by atoms with Gasteiger partial charge in [0.25, 0.3) is 0 Å². The Morgan fingerprint density at radius 2 is 2.18 bits per heavy atom. The number of rotatable bonds is 2. The smallest absolute Gasteiger partial charge is 0.141 e. The third kappa shape index (κ3) is 1.67. The number of benzene rings is 1. The van der Waals surface area contributed by atoms with Gasteiger partial charge in [0.05, 0.1) is 23.7 Å². The van der Waals surface area contributed by atoms with Crippen LogP contribution in [-0.2, 0) is 0 Å². The Hall–Kier alpha value is -2.23. The fraction of sp³-hybridized carbons (Fsp3) is 0.154.